The van der Waals surface area contributed by atoms with Crippen LogP contribution in [0.2, 0.25) is 0 Å². The number of nitrogens with zero attached hydrogens (tertiary/aromatic N) is 3. The summed E-state index contributed by atoms with van der Waals surface area (Å²) in [5.41, 5.74) is 7.77. The number of hydrogen-bond acceptors (Lipinski definition) is 2. The average Bonchev–Trinajstić information content (AvgIpc) is 2.69. The van der Waals surface area contributed by atoms with Crippen LogP contribution in [0.15, 0.2) is 59.6 Å². The second kappa shape index (κ2) is 10.2. The van der Waals surface area contributed by atoms with Crippen LogP contribution in [0.4, 0.5) is 15.9 Å². The molecule has 27 heavy (non-hydrogen) atoms. The third-order valence-corrected chi connectivity index (χ3v) is 3.93. The van der Waals surface area contributed by atoms with Crippen LogP contribution in [0, 0.1) is 5.41 Å². The quantitative estimate of drug-likeness (QED) is 0.556. The molecule has 6 nitrogen and oxygen atoms in total. The maximum Gasteiger partial charge on any atom is 0.221 e. The Bertz CT molecular complexity index is 743. The van der Waals surface area contributed by atoms with Gasteiger partial charge in [0.25, 0.3) is 0 Å². The molecule has 0 aliphatic heterocycles. The Kier molecular flexibility index (Phi) is 7.61. The van der Waals surface area contributed by atoms with Gasteiger partial charge in [0, 0.05) is 29.0 Å². The Morgan fingerprint density at radius 3 is 2.07 bits per heavy atom. The van der Waals surface area contributed by atoms with Crippen molar-refractivity contribution in [1.82, 2.24) is 4.90 Å². The molecule has 0 unspecified atom stereocenters. The third kappa shape index (κ3) is 5.44. The van der Waals surface area contributed by atoms with Gasteiger partial charge in [-0.3, -0.25) is 15.3 Å². The van der Waals surface area contributed by atoms with E-state index in [9.17, 15) is 4.53 Å². The summed E-state index contributed by atoms with van der Waals surface area (Å²) in [4.78, 5) is 11.7. The molecule has 2 aromatic carbocycles. The third-order valence-electron chi connectivity index (χ3n) is 3.93. The standard InChI is InChI=1S/C20H26FN5O/c1-3-14-25(15-4-2)19(22)24-20(23)26(16-8-6-5-7-9-16)17-10-12-18(27-21)13-11-17/h5-13H,3-4,14-15H2,1-2H3,(H3,22,23,24). The predicted molar refractivity (Wildman–Crippen MR) is 108 cm³/mol. The molecule has 0 aliphatic rings. The lowest BCUT2D eigenvalue weighted by atomic mass is 10.2. The second-order valence-electron chi connectivity index (χ2n) is 6.02. The lowest BCUT2D eigenvalue weighted by molar-refractivity contribution is -0.00618. The van der Waals surface area contributed by atoms with E-state index in [4.69, 9.17) is 11.1 Å². The molecule has 144 valence electrons. The normalized spacial score (nSPS) is 11.1. The van der Waals surface area contributed by atoms with Crippen LogP contribution in [-0.4, -0.2) is 29.9 Å². The van der Waals surface area contributed by atoms with Crippen molar-refractivity contribution in [1.29, 1.82) is 5.41 Å². The monoisotopic (exact) mass is 371 g/mol. The molecule has 0 saturated heterocycles. The number of rotatable bonds is 7. The zero-order chi connectivity index (χ0) is 19.6. The Morgan fingerprint density at radius 2 is 1.56 bits per heavy atom. The summed E-state index contributed by atoms with van der Waals surface area (Å²) in [6, 6.07) is 15.8. The van der Waals surface area contributed by atoms with Crippen molar-refractivity contribution in [3.63, 3.8) is 0 Å². The van der Waals surface area contributed by atoms with Gasteiger partial charge in [-0.25, -0.2) is 0 Å². The van der Waals surface area contributed by atoms with Gasteiger partial charge in [0.05, 0.1) is 0 Å². The van der Waals surface area contributed by atoms with Crippen molar-refractivity contribution in [2.24, 2.45) is 10.7 Å². The van der Waals surface area contributed by atoms with Crippen molar-refractivity contribution in [2.75, 3.05) is 18.0 Å². The lowest BCUT2D eigenvalue weighted by Gasteiger charge is -2.26. The highest BCUT2D eigenvalue weighted by Gasteiger charge is 2.16. The topological polar surface area (TPSA) is 77.9 Å². The fraction of sp³-hybridized carbons (Fsp3) is 0.300. The molecule has 0 aromatic heterocycles. The van der Waals surface area contributed by atoms with E-state index in [0.29, 0.717) is 5.69 Å². The lowest BCUT2D eigenvalue weighted by Crippen LogP contribution is -2.38. The van der Waals surface area contributed by atoms with Crippen LogP contribution >= 0.6 is 0 Å². The number of halogens is 1. The minimum Gasteiger partial charge on any atom is -0.369 e. The average molecular weight is 371 g/mol. The highest BCUT2D eigenvalue weighted by molar-refractivity contribution is 6.06. The summed E-state index contributed by atoms with van der Waals surface area (Å²) in [6.45, 7) is 5.62. The molecule has 0 atom stereocenters. The summed E-state index contributed by atoms with van der Waals surface area (Å²) in [6.07, 6.45) is 1.84. The van der Waals surface area contributed by atoms with Crippen LogP contribution in [-0.2, 0) is 0 Å². The Balaban J connectivity index is 2.38. The van der Waals surface area contributed by atoms with Gasteiger partial charge in [0.1, 0.15) is 0 Å². The molecule has 0 fully saturated rings. The fourth-order valence-corrected chi connectivity index (χ4v) is 2.73. The number of aliphatic imine (C=N–C) groups is 1. The minimum atomic E-state index is 0.104. The molecule has 3 N–H and O–H groups in total. The number of guanidine groups is 2. The number of para-hydroxylation sites is 1. The molecule has 0 radical (unpaired) electrons. The van der Waals surface area contributed by atoms with E-state index in [-0.39, 0.29) is 17.7 Å². The Labute approximate surface area is 159 Å². The number of hydrogen-bond donors (Lipinski definition) is 2. The van der Waals surface area contributed by atoms with Crippen molar-refractivity contribution >= 4 is 23.3 Å². The van der Waals surface area contributed by atoms with E-state index in [1.807, 2.05) is 35.2 Å². The first-order valence-electron chi connectivity index (χ1n) is 9.02. The van der Waals surface area contributed by atoms with Gasteiger partial charge >= 0.3 is 0 Å². The molecule has 2 aromatic rings. The zero-order valence-corrected chi connectivity index (χ0v) is 15.7. The van der Waals surface area contributed by atoms with E-state index in [2.05, 4.69) is 23.8 Å². The summed E-state index contributed by atoms with van der Waals surface area (Å²) in [5.74, 6) is 0.394. The number of nitrogens with one attached hydrogen (secondary N) is 1. The molecule has 2 rings (SSSR count). The van der Waals surface area contributed by atoms with Gasteiger partial charge in [-0.15, -0.1) is 0 Å². The molecule has 7 heteroatoms. The maximum absolute atomic E-state index is 12.3. The molecule has 0 spiro atoms. The molecule has 0 bridgehead atoms. The first kappa shape index (κ1) is 20.2. The Morgan fingerprint density at radius 1 is 1.00 bits per heavy atom. The van der Waals surface area contributed by atoms with Crippen molar-refractivity contribution in [3.8, 4) is 5.75 Å². The largest absolute Gasteiger partial charge is 0.369 e. The van der Waals surface area contributed by atoms with Gasteiger partial charge in [0.15, 0.2) is 5.75 Å². The van der Waals surface area contributed by atoms with Gasteiger partial charge < -0.3 is 10.6 Å². The molecule has 0 saturated carbocycles. The molecule has 0 amide bonds. The first-order valence-corrected chi connectivity index (χ1v) is 9.02. The zero-order valence-electron chi connectivity index (χ0n) is 15.7. The highest BCUT2D eigenvalue weighted by atomic mass is 19.3. The minimum absolute atomic E-state index is 0.104. The smallest absolute Gasteiger partial charge is 0.221 e. The highest BCUT2D eigenvalue weighted by Crippen LogP contribution is 2.27. The molecule has 0 heterocycles. The van der Waals surface area contributed by atoms with Crippen molar-refractivity contribution in [3.05, 3.63) is 54.6 Å². The van der Waals surface area contributed by atoms with Crippen LogP contribution in [0.5, 0.6) is 5.75 Å². The summed E-state index contributed by atoms with van der Waals surface area (Å²) >= 11 is 0. The van der Waals surface area contributed by atoms with E-state index in [1.165, 1.54) is 12.1 Å². The second-order valence-corrected chi connectivity index (χ2v) is 6.02. The number of benzene rings is 2. The van der Waals surface area contributed by atoms with Gasteiger partial charge in [-0.1, -0.05) is 32.0 Å². The fourth-order valence-electron chi connectivity index (χ4n) is 2.73. The van der Waals surface area contributed by atoms with Gasteiger partial charge in [-0.05, 0) is 49.2 Å². The maximum atomic E-state index is 12.3. The summed E-state index contributed by atoms with van der Waals surface area (Å²) < 4.78 is 12.3. The van der Waals surface area contributed by atoms with Crippen LogP contribution in [0.25, 0.3) is 0 Å². The first-order chi connectivity index (χ1) is 13.1. The van der Waals surface area contributed by atoms with Crippen LogP contribution in [0.3, 0.4) is 0 Å². The molecular formula is C20H26FN5O. The predicted octanol–water partition coefficient (Wildman–Crippen LogP) is 4.46. The van der Waals surface area contributed by atoms with Crippen molar-refractivity contribution < 1.29 is 9.47 Å². The number of anilines is 2. The van der Waals surface area contributed by atoms with Gasteiger partial charge in [-0.2, -0.15) is 4.99 Å². The van der Waals surface area contributed by atoms with E-state index < -0.39 is 0 Å². The van der Waals surface area contributed by atoms with Crippen LogP contribution in [0.1, 0.15) is 26.7 Å². The van der Waals surface area contributed by atoms with Crippen LogP contribution < -0.4 is 15.6 Å². The molecule has 0 aliphatic carbocycles. The summed E-state index contributed by atoms with van der Waals surface area (Å²) in [7, 11) is 0. The van der Waals surface area contributed by atoms with Gasteiger partial charge in [0.2, 0.25) is 11.9 Å². The number of nitrogens with two attached hydrogens (primary N) is 1. The Hall–Kier alpha value is -3.09. The van der Waals surface area contributed by atoms with E-state index in [0.717, 1.165) is 31.6 Å². The SMILES string of the molecule is CCCN(CCC)C(=N)/N=C(\N)N(c1ccccc1)c1ccc(OF)cc1. The van der Waals surface area contributed by atoms with E-state index in [1.54, 1.807) is 17.0 Å². The molecular weight excluding hydrogens is 345 g/mol. The summed E-state index contributed by atoms with van der Waals surface area (Å²) in [5, 5.41) is 8.33. The van der Waals surface area contributed by atoms with Crippen molar-refractivity contribution in [2.45, 2.75) is 26.7 Å². The van der Waals surface area contributed by atoms with E-state index >= 15 is 0 Å².